The molecule has 0 aliphatic carbocycles. The largest absolute Gasteiger partial charge is 0.0622 e. The molecule has 0 fully saturated rings. The molecule has 0 saturated carbocycles. The molecule has 0 nitrogen and oxygen atoms in total. The van der Waals surface area contributed by atoms with Crippen LogP contribution in [0, 0.1) is 27.7 Å². The van der Waals surface area contributed by atoms with Crippen molar-refractivity contribution in [2.75, 3.05) is 0 Å². The van der Waals surface area contributed by atoms with Gasteiger partial charge in [-0.25, -0.2) is 0 Å². The molecule has 0 atom stereocenters. The molecule has 0 heterocycles. The topological polar surface area (TPSA) is 0 Å². The third-order valence-corrected chi connectivity index (χ3v) is 8.78. The Bertz CT molecular complexity index is 1970. The molecular formula is C46H38. The van der Waals surface area contributed by atoms with E-state index < -0.39 is 0 Å². The monoisotopic (exact) mass is 590 g/mol. The summed E-state index contributed by atoms with van der Waals surface area (Å²) >= 11 is 0. The van der Waals surface area contributed by atoms with Crippen LogP contribution in [-0.4, -0.2) is 0 Å². The van der Waals surface area contributed by atoms with Crippen LogP contribution in [0.1, 0.15) is 22.3 Å². The Morgan fingerprint density at radius 1 is 0.217 bits per heavy atom. The maximum Gasteiger partial charge on any atom is -0.00986 e. The molecule has 7 rings (SSSR count). The average Bonchev–Trinajstić information content (AvgIpc) is 3.08. The lowest BCUT2D eigenvalue weighted by molar-refractivity contribution is 1.38. The van der Waals surface area contributed by atoms with Gasteiger partial charge in [-0.15, -0.1) is 0 Å². The molecule has 0 heteroatoms. The Hall–Kier alpha value is -5.46. The zero-order valence-corrected chi connectivity index (χ0v) is 27.0. The molecule has 0 aromatic heterocycles. The molecule has 46 heavy (non-hydrogen) atoms. The molecule has 0 amide bonds. The van der Waals surface area contributed by atoms with E-state index in [-0.39, 0.29) is 0 Å². The zero-order chi connectivity index (χ0) is 31.6. The first-order valence-corrected chi connectivity index (χ1v) is 16.1. The summed E-state index contributed by atoms with van der Waals surface area (Å²) in [5.41, 5.74) is 19.8. The van der Waals surface area contributed by atoms with Crippen molar-refractivity contribution < 1.29 is 0 Å². The van der Waals surface area contributed by atoms with Gasteiger partial charge in [0, 0.05) is 0 Å². The van der Waals surface area contributed by atoms with Gasteiger partial charge >= 0.3 is 0 Å². The number of hydrogen-bond donors (Lipinski definition) is 0. The van der Waals surface area contributed by atoms with Gasteiger partial charge in [-0.1, -0.05) is 156 Å². The quantitative estimate of drug-likeness (QED) is 0.181. The Kier molecular flexibility index (Phi) is 7.95. The highest BCUT2D eigenvalue weighted by Gasteiger charge is 2.17. The Labute approximate surface area is 273 Å². The molecule has 0 aliphatic rings. The predicted molar refractivity (Wildman–Crippen MR) is 198 cm³/mol. The first kappa shape index (κ1) is 29.3. The lowest BCUT2D eigenvalue weighted by atomic mass is 9.84. The van der Waals surface area contributed by atoms with Gasteiger partial charge in [0.25, 0.3) is 0 Å². The van der Waals surface area contributed by atoms with Crippen molar-refractivity contribution in [3.8, 4) is 66.8 Å². The minimum atomic E-state index is 1.21. The van der Waals surface area contributed by atoms with Crippen molar-refractivity contribution in [3.63, 3.8) is 0 Å². The van der Waals surface area contributed by atoms with E-state index in [2.05, 4.69) is 185 Å². The molecule has 7 aromatic carbocycles. The maximum absolute atomic E-state index is 2.41. The summed E-state index contributed by atoms with van der Waals surface area (Å²) in [6.07, 6.45) is 0. The summed E-state index contributed by atoms with van der Waals surface area (Å²) in [6, 6.07) is 58.1. The highest BCUT2D eigenvalue weighted by molar-refractivity contribution is 5.96. The van der Waals surface area contributed by atoms with Crippen LogP contribution in [0.15, 0.2) is 158 Å². The summed E-state index contributed by atoms with van der Waals surface area (Å²) in [6.45, 7) is 8.70. The fourth-order valence-electron chi connectivity index (χ4n) is 6.81. The summed E-state index contributed by atoms with van der Waals surface area (Å²) in [5, 5.41) is 0. The lowest BCUT2D eigenvalue weighted by Crippen LogP contribution is -1.93. The Morgan fingerprint density at radius 3 is 0.891 bits per heavy atom. The first-order valence-electron chi connectivity index (χ1n) is 16.1. The SMILES string of the molecule is Cc1cc(C)cc(-c2cccc(-c3cc(-c4ccccc4)c(-c4ccccc4)cc3-c3cccc(-c4cc(C)cc(C)c4)c3)c2)c1. The molecular weight excluding hydrogens is 553 g/mol. The summed E-state index contributed by atoms with van der Waals surface area (Å²) in [5.74, 6) is 0. The average molecular weight is 591 g/mol. The zero-order valence-electron chi connectivity index (χ0n) is 27.0. The number of hydrogen-bond acceptors (Lipinski definition) is 0. The minimum Gasteiger partial charge on any atom is -0.0622 e. The van der Waals surface area contributed by atoms with Crippen LogP contribution in [0.5, 0.6) is 0 Å². The van der Waals surface area contributed by atoms with E-state index >= 15 is 0 Å². The summed E-state index contributed by atoms with van der Waals surface area (Å²) in [7, 11) is 0. The van der Waals surface area contributed by atoms with E-state index in [1.807, 2.05) is 0 Å². The molecule has 0 spiro atoms. The van der Waals surface area contributed by atoms with Crippen molar-refractivity contribution in [3.05, 3.63) is 180 Å². The fourth-order valence-corrected chi connectivity index (χ4v) is 6.81. The van der Waals surface area contributed by atoms with Crippen molar-refractivity contribution in [2.45, 2.75) is 27.7 Å². The van der Waals surface area contributed by atoms with Crippen LogP contribution in [0.3, 0.4) is 0 Å². The molecule has 0 aliphatic heterocycles. The summed E-state index contributed by atoms with van der Waals surface area (Å²) < 4.78 is 0. The van der Waals surface area contributed by atoms with Gasteiger partial charge < -0.3 is 0 Å². The van der Waals surface area contributed by atoms with Crippen LogP contribution < -0.4 is 0 Å². The highest BCUT2D eigenvalue weighted by Crippen LogP contribution is 2.43. The van der Waals surface area contributed by atoms with E-state index in [1.54, 1.807) is 0 Å². The van der Waals surface area contributed by atoms with Gasteiger partial charge in [-0.2, -0.15) is 0 Å². The second-order valence-corrected chi connectivity index (χ2v) is 12.6. The lowest BCUT2D eigenvalue weighted by Gasteiger charge is -2.19. The van der Waals surface area contributed by atoms with Gasteiger partial charge in [0.2, 0.25) is 0 Å². The van der Waals surface area contributed by atoms with Crippen molar-refractivity contribution in [1.82, 2.24) is 0 Å². The van der Waals surface area contributed by atoms with Gasteiger partial charge in [-0.3, -0.25) is 0 Å². The number of rotatable bonds is 6. The first-order chi connectivity index (χ1) is 22.4. The van der Waals surface area contributed by atoms with Crippen LogP contribution in [0.2, 0.25) is 0 Å². The third kappa shape index (κ3) is 6.08. The van der Waals surface area contributed by atoms with E-state index in [0.717, 1.165) is 0 Å². The van der Waals surface area contributed by atoms with Crippen molar-refractivity contribution in [1.29, 1.82) is 0 Å². The van der Waals surface area contributed by atoms with Gasteiger partial charge in [0.15, 0.2) is 0 Å². The van der Waals surface area contributed by atoms with Crippen molar-refractivity contribution in [2.24, 2.45) is 0 Å². The van der Waals surface area contributed by atoms with Crippen LogP contribution in [0.25, 0.3) is 66.8 Å². The van der Waals surface area contributed by atoms with Gasteiger partial charge in [0.05, 0.1) is 0 Å². The van der Waals surface area contributed by atoms with E-state index in [1.165, 1.54) is 89.0 Å². The molecule has 0 unspecified atom stereocenters. The smallest absolute Gasteiger partial charge is 0.00986 e. The van der Waals surface area contributed by atoms with Crippen molar-refractivity contribution >= 4 is 0 Å². The Balaban J connectivity index is 1.50. The maximum atomic E-state index is 2.41. The summed E-state index contributed by atoms with van der Waals surface area (Å²) in [4.78, 5) is 0. The van der Waals surface area contributed by atoms with E-state index in [0.29, 0.717) is 0 Å². The molecule has 0 bridgehead atoms. The Morgan fingerprint density at radius 2 is 0.522 bits per heavy atom. The van der Waals surface area contributed by atoms with Gasteiger partial charge in [-0.05, 0) is 119 Å². The fraction of sp³-hybridized carbons (Fsp3) is 0.0870. The molecule has 222 valence electrons. The number of benzene rings is 7. The van der Waals surface area contributed by atoms with E-state index in [4.69, 9.17) is 0 Å². The number of aryl methyl sites for hydroxylation is 4. The van der Waals surface area contributed by atoms with Gasteiger partial charge in [0.1, 0.15) is 0 Å². The standard InChI is InChI=1S/C46H38/c1-31-21-32(2)24-41(23-31)37-17-11-19-39(27-37)45-29-43(35-13-7-5-8-14-35)44(36-15-9-6-10-16-36)30-46(45)40-20-12-18-38(28-40)42-25-33(3)22-34(4)26-42/h5-30H,1-4H3. The normalized spacial score (nSPS) is 11.0. The molecule has 0 N–H and O–H groups in total. The van der Waals surface area contributed by atoms with E-state index in [9.17, 15) is 0 Å². The highest BCUT2D eigenvalue weighted by atomic mass is 14.2. The molecule has 0 saturated heterocycles. The van der Waals surface area contributed by atoms with Crippen LogP contribution >= 0.6 is 0 Å². The minimum absolute atomic E-state index is 1.21. The second-order valence-electron chi connectivity index (χ2n) is 12.6. The molecule has 7 aromatic rings. The third-order valence-electron chi connectivity index (χ3n) is 8.78. The molecule has 0 radical (unpaired) electrons. The predicted octanol–water partition coefficient (Wildman–Crippen LogP) is 12.9. The second kappa shape index (κ2) is 12.5. The van der Waals surface area contributed by atoms with Crippen LogP contribution in [0.4, 0.5) is 0 Å². The van der Waals surface area contributed by atoms with Crippen LogP contribution in [-0.2, 0) is 0 Å².